The zero-order valence-corrected chi connectivity index (χ0v) is 14.9. The second-order valence-corrected chi connectivity index (χ2v) is 6.49. The van der Waals surface area contributed by atoms with Gasteiger partial charge in [-0.15, -0.1) is 0 Å². The van der Waals surface area contributed by atoms with Crippen LogP contribution in [0.15, 0.2) is 24.3 Å². The van der Waals surface area contributed by atoms with E-state index in [4.69, 9.17) is 4.74 Å². The predicted octanol–water partition coefficient (Wildman–Crippen LogP) is 2.49. The van der Waals surface area contributed by atoms with E-state index < -0.39 is 0 Å². The molecule has 5 heteroatoms. The summed E-state index contributed by atoms with van der Waals surface area (Å²) < 4.78 is 7.56. The van der Waals surface area contributed by atoms with E-state index in [1.807, 2.05) is 48.7 Å². The van der Waals surface area contributed by atoms with E-state index >= 15 is 0 Å². The van der Waals surface area contributed by atoms with E-state index in [0.29, 0.717) is 26.2 Å². The van der Waals surface area contributed by atoms with E-state index in [-0.39, 0.29) is 11.9 Å². The van der Waals surface area contributed by atoms with Crippen molar-refractivity contribution in [2.75, 3.05) is 19.8 Å². The smallest absolute Gasteiger partial charge is 0.227 e. The molecule has 1 aromatic carbocycles. The second kappa shape index (κ2) is 6.77. The summed E-state index contributed by atoms with van der Waals surface area (Å²) in [6.07, 6.45) is 0.432. The Morgan fingerprint density at radius 2 is 2.04 bits per heavy atom. The zero-order valence-electron chi connectivity index (χ0n) is 14.9. The van der Waals surface area contributed by atoms with Crippen molar-refractivity contribution < 1.29 is 9.53 Å². The summed E-state index contributed by atoms with van der Waals surface area (Å²) in [5.74, 6) is 0.153. The van der Waals surface area contributed by atoms with Gasteiger partial charge in [-0.2, -0.15) is 5.10 Å². The molecule has 0 N–H and O–H groups in total. The van der Waals surface area contributed by atoms with Crippen LogP contribution in [0.5, 0.6) is 0 Å². The van der Waals surface area contributed by atoms with Crippen molar-refractivity contribution in [3.8, 4) is 0 Å². The van der Waals surface area contributed by atoms with Crippen LogP contribution in [0.4, 0.5) is 0 Å². The SMILES string of the molecule is Cc1ccccc1CC(=O)N1CCOCC1c1c(C)nn(C)c1C. The van der Waals surface area contributed by atoms with Crippen LogP contribution in [0.25, 0.3) is 0 Å². The van der Waals surface area contributed by atoms with Crippen LogP contribution >= 0.6 is 0 Å². The standard InChI is InChI=1S/C19H25N3O2/c1-13-7-5-6-8-16(13)11-18(23)22-9-10-24-12-17(22)19-14(2)20-21(4)15(19)3/h5-8,17H,9-12H2,1-4H3. The molecule has 0 spiro atoms. The normalized spacial score (nSPS) is 18.0. The summed E-state index contributed by atoms with van der Waals surface area (Å²) in [7, 11) is 1.94. The van der Waals surface area contributed by atoms with Crippen molar-refractivity contribution in [2.24, 2.45) is 7.05 Å². The first-order valence-electron chi connectivity index (χ1n) is 8.41. The van der Waals surface area contributed by atoms with Crippen LogP contribution in [0.3, 0.4) is 0 Å². The molecule has 2 aromatic rings. The van der Waals surface area contributed by atoms with Crippen LogP contribution in [0.1, 0.15) is 34.1 Å². The first-order chi connectivity index (χ1) is 11.5. The second-order valence-electron chi connectivity index (χ2n) is 6.49. The number of hydrogen-bond donors (Lipinski definition) is 0. The van der Waals surface area contributed by atoms with Gasteiger partial charge in [0.1, 0.15) is 0 Å². The quantitative estimate of drug-likeness (QED) is 0.870. The van der Waals surface area contributed by atoms with Gasteiger partial charge in [-0.05, 0) is 31.9 Å². The van der Waals surface area contributed by atoms with Crippen molar-refractivity contribution in [1.29, 1.82) is 0 Å². The van der Waals surface area contributed by atoms with Gasteiger partial charge >= 0.3 is 0 Å². The Morgan fingerprint density at radius 3 is 2.71 bits per heavy atom. The summed E-state index contributed by atoms with van der Waals surface area (Å²) in [6, 6.07) is 8.02. The first kappa shape index (κ1) is 16.7. The molecule has 1 aliphatic heterocycles. The number of hydrogen-bond acceptors (Lipinski definition) is 3. The van der Waals surface area contributed by atoms with Crippen molar-refractivity contribution in [3.05, 3.63) is 52.3 Å². The number of aromatic nitrogens is 2. The third kappa shape index (κ3) is 3.08. The van der Waals surface area contributed by atoms with Gasteiger partial charge in [0.15, 0.2) is 0 Å². The van der Waals surface area contributed by atoms with E-state index in [0.717, 1.165) is 28.1 Å². The Kier molecular flexibility index (Phi) is 4.71. The van der Waals surface area contributed by atoms with Gasteiger partial charge in [0.25, 0.3) is 0 Å². The van der Waals surface area contributed by atoms with Crippen LogP contribution in [-0.4, -0.2) is 40.3 Å². The molecule has 1 unspecified atom stereocenters. The third-order valence-electron chi connectivity index (χ3n) is 4.95. The maximum atomic E-state index is 13.0. The molecule has 1 amide bonds. The number of ether oxygens (including phenoxy) is 1. The lowest BCUT2D eigenvalue weighted by Gasteiger charge is -2.36. The Morgan fingerprint density at radius 1 is 1.29 bits per heavy atom. The molecular formula is C19H25N3O2. The van der Waals surface area contributed by atoms with Crippen molar-refractivity contribution in [3.63, 3.8) is 0 Å². The number of benzene rings is 1. The molecule has 2 heterocycles. The molecule has 3 rings (SSSR count). The summed E-state index contributed by atoms with van der Waals surface area (Å²) in [5, 5.41) is 4.50. The van der Waals surface area contributed by atoms with Crippen molar-refractivity contribution in [1.82, 2.24) is 14.7 Å². The number of aryl methyl sites for hydroxylation is 3. The predicted molar refractivity (Wildman–Crippen MR) is 92.8 cm³/mol. The van der Waals surface area contributed by atoms with Gasteiger partial charge < -0.3 is 9.64 Å². The average molecular weight is 327 g/mol. The minimum atomic E-state index is -0.0519. The fourth-order valence-electron chi connectivity index (χ4n) is 3.49. The van der Waals surface area contributed by atoms with Gasteiger partial charge in [0.2, 0.25) is 5.91 Å². The fraction of sp³-hybridized carbons (Fsp3) is 0.474. The molecule has 1 atom stereocenters. The largest absolute Gasteiger partial charge is 0.377 e. The van der Waals surface area contributed by atoms with E-state index in [1.165, 1.54) is 0 Å². The Hall–Kier alpha value is -2.14. The summed E-state index contributed by atoms with van der Waals surface area (Å²) in [6.45, 7) is 7.86. The monoisotopic (exact) mass is 327 g/mol. The highest BCUT2D eigenvalue weighted by molar-refractivity contribution is 5.79. The van der Waals surface area contributed by atoms with Crippen LogP contribution in [0, 0.1) is 20.8 Å². The number of carbonyl (C=O) groups excluding carboxylic acids is 1. The number of amides is 1. The maximum Gasteiger partial charge on any atom is 0.227 e. The first-order valence-corrected chi connectivity index (χ1v) is 8.41. The average Bonchev–Trinajstić information content (AvgIpc) is 2.82. The number of rotatable bonds is 3. The minimum absolute atomic E-state index is 0.0519. The number of carbonyl (C=O) groups is 1. The van der Waals surface area contributed by atoms with Gasteiger partial charge in [0, 0.05) is 24.8 Å². The summed E-state index contributed by atoms with van der Waals surface area (Å²) in [5.41, 5.74) is 5.43. The lowest BCUT2D eigenvalue weighted by atomic mass is 10.0. The molecule has 0 aliphatic carbocycles. The molecule has 0 bridgehead atoms. The Bertz CT molecular complexity index is 751. The van der Waals surface area contributed by atoms with E-state index in [9.17, 15) is 4.79 Å². The molecule has 1 saturated heterocycles. The lowest BCUT2D eigenvalue weighted by molar-refractivity contribution is -0.139. The maximum absolute atomic E-state index is 13.0. The molecule has 1 aromatic heterocycles. The molecule has 128 valence electrons. The van der Waals surface area contributed by atoms with Gasteiger partial charge in [0.05, 0.1) is 31.4 Å². The molecule has 0 radical (unpaired) electrons. The highest BCUT2D eigenvalue weighted by atomic mass is 16.5. The van der Waals surface area contributed by atoms with Crippen LogP contribution in [-0.2, 0) is 23.0 Å². The van der Waals surface area contributed by atoms with Gasteiger partial charge in [-0.25, -0.2) is 0 Å². The topological polar surface area (TPSA) is 47.4 Å². The Balaban J connectivity index is 1.87. The molecule has 5 nitrogen and oxygen atoms in total. The van der Waals surface area contributed by atoms with Gasteiger partial charge in [-0.1, -0.05) is 24.3 Å². The highest BCUT2D eigenvalue weighted by Gasteiger charge is 2.32. The Labute approximate surface area is 143 Å². The van der Waals surface area contributed by atoms with Gasteiger partial charge in [-0.3, -0.25) is 9.48 Å². The van der Waals surface area contributed by atoms with E-state index in [2.05, 4.69) is 18.1 Å². The van der Waals surface area contributed by atoms with Crippen LogP contribution < -0.4 is 0 Å². The van der Waals surface area contributed by atoms with Crippen molar-refractivity contribution >= 4 is 5.91 Å². The number of nitrogens with zero attached hydrogens (tertiary/aromatic N) is 3. The third-order valence-corrected chi connectivity index (χ3v) is 4.95. The molecule has 24 heavy (non-hydrogen) atoms. The summed E-state index contributed by atoms with van der Waals surface area (Å²) in [4.78, 5) is 14.9. The van der Waals surface area contributed by atoms with Crippen LogP contribution in [0.2, 0.25) is 0 Å². The highest BCUT2D eigenvalue weighted by Crippen LogP contribution is 2.29. The van der Waals surface area contributed by atoms with Crippen molar-refractivity contribution in [2.45, 2.75) is 33.2 Å². The fourth-order valence-corrected chi connectivity index (χ4v) is 3.49. The minimum Gasteiger partial charge on any atom is -0.377 e. The molecule has 0 saturated carbocycles. The molecule has 1 aliphatic rings. The summed E-state index contributed by atoms with van der Waals surface area (Å²) >= 11 is 0. The van der Waals surface area contributed by atoms with E-state index in [1.54, 1.807) is 0 Å². The number of morpholine rings is 1. The molecule has 1 fully saturated rings. The zero-order chi connectivity index (χ0) is 17.3. The molecular weight excluding hydrogens is 302 g/mol. The lowest BCUT2D eigenvalue weighted by Crippen LogP contribution is -2.44.